The zero-order chi connectivity index (χ0) is 22.6. The minimum atomic E-state index is -3.84. The fourth-order valence-corrected chi connectivity index (χ4v) is 4.77. The second kappa shape index (κ2) is 9.01. The van der Waals surface area contributed by atoms with Gasteiger partial charge in [-0.3, -0.25) is 4.98 Å². The molecule has 32 heavy (non-hydrogen) atoms. The molecule has 0 saturated heterocycles. The summed E-state index contributed by atoms with van der Waals surface area (Å²) in [6.07, 6.45) is 6.25. The highest BCUT2D eigenvalue weighted by Crippen LogP contribution is 2.45. The summed E-state index contributed by atoms with van der Waals surface area (Å²) in [6.45, 7) is 2.37. The van der Waals surface area contributed by atoms with Gasteiger partial charge in [0, 0.05) is 29.3 Å². The summed E-state index contributed by atoms with van der Waals surface area (Å²) >= 11 is 0. The highest BCUT2D eigenvalue weighted by Gasteiger charge is 2.41. The number of aromatic nitrogens is 5. The zero-order valence-electron chi connectivity index (χ0n) is 17.6. The Bertz CT molecular complexity index is 1220. The van der Waals surface area contributed by atoms with E-state index in [-0.39, 0.29) is 11.3 Å². The SMILES string of the molecule is CCOC1=CC=C(S(N)(=O)=O)CC1(Cc1ccc(-c2nn[nH]n2)cc1)Cc1ccccn1. The molecule has 2 aromatic heterocycles. The fraction of sp³-hybridized carbons (Fsp3) is 0.273. The number of tetrazole rings is 1. The number of primary sulfonamides is 1. The van der Waals surface area contributed by atoms with Gasteiger partial charge in [-0.15, -0.1) is 10.2 Å². The number of nitrogens with zero attached hydrogens (tertiary/aromatic N) is 4. The summed E-state index contributed by atoms with van der Waals surface area (Å²) in [5.74, 6) is 1.23. The van der Waals surface area contributed by atoms with Crippen molar-refractivity contribution in [3.8, 4) is 11.4 Å². The number of rotatable bonds is 8. The lowest BCUT2D eigenvalue weighted by atomic mass is 9.71. The average molecular weight is 453 g/mol. The van der Waals surface area contributed by atoms with Crippen molar-refractivity contribution < 1.29 is 13.2 Å². The number of nitrogens with two attached hydrogens (primary N) is 1. The Labute approximate surface area is 186 Å². The number of H-pyrrole nitrogens is 1. The van der Waals surface area contributed by atoms with Crippen molar-refractivity contribution in [2.75, 3.05) is 6.61 Å². The van der Waals surface area contributed by atoms with Gasteiger partial charge in [-0.2, -0.15) is 5.21 Å². The summed E-state index contributed by atoms with van der Waals surface area (Å²) in [6, 6.07) is 13.5. The Kier molecular flexibility index (Phi) is 6.15. The Morgan fingerprint density at radius 2 is 1.94 bits per heavy atom. The quantitative estimate of drug-likeness (QED) is 0.536. The maximum atomic E-state index is 12.2. The Hall–Kier alpha value is -3.37. The normalized spacial score (nSPS) is 18.7. The van der Waals surface area contributed by atoms with Crippen LogP contribution in [-0.4, -0.2) is 40.6 Å². The van der Waals surface area contributed by atoms with Crippen LogP contribution in [0.4, 0.5) is 0 Å². The van der Waals surface area contributed by atoms with E-state index in [0.717, 1.165) is 22.6 Å². The molecule has 1 unspecified atom stereocenters. The van der Waals surface area contributed by atoms with Gasteiger partial charge in [-0.1, -0.05) is 30.3 Å². The van der Waals surface area contributed by atoms with Crippen LogP contribution in [0.3, 0.4) is 0 Å². The highest BCUT2D eigenvalue weighted by atomic mass is 32.2. The molecule has 0 aliphatic heterocycles. The van der Waals surface area contributed by atoms with E-state index in [9.17, 15) is 8.42 Å². The van der Waals surface area contributed by atoms with Gasteiger partial charge in [0.1, 0.15) is 5.76 Å². The van der Waals surface area contributed by atoms with Crippen molar-refractivity contribution in [3.05, 3.63) is 82.7 Å². The van der Waals surface area contributed by atoms with Crippen LogP contribution in [-0.2, 0) is 27.6 Å². The Morgan fingerprint density at radius 1 is 1.12 bits per heavy atom. The molecule has 3 aromatic rings. The third-order valence-electron chi connectivity index (χ3n) is 5.47. The van der Waals surface area contributed by atoms with Crippen molar-refractivity contribution in [2.24, 2.45) is 10.6 Å². The molecule has 166 valence electrons. The summed E-state index contributed by atoms with van der Waals surface area (Å²) in [5.41, 5.74) is 2.02. The van der Waals surface area contributed by atoms with Crippen molar-refractivity contribution in [1.29, 1.82) is 0 Å². The maximum absolute atomic E-state index is 12.2. The average Bonchev–Trinajstić information content (AvgIpc) is 3.31. The van der Waals surface area contributed by atoms with E-state index in [2.05, 4.69) is 25.6 Å². The summed E-state index contributed by atoms with van der Waals surface area (Å²) in [7, 11) is -3.84. The van der Waals surface area contributed by atoms with Crippen LogP contribution in [0.1, 0.15) is 24.6 Å². The third-order valence-corrected chi connectivity index (χ3v) is 6.48. The molecule has 9 nitrogen and oxygen atoms in total. The smallest absolute Gasteiger partial charge is 0.234 e. The number of hydrogen-bond acceptors (Lipinski definition) is 7. The van der Waals surface area contributed by atoms with Gasteiger partial charge in [-0.05, 0) is 54.8 Å². The maximum Gasteiger partial charge on any atom is 0.234 e. The van der Waals surface area contributed by atoms with E-state index in [1.54, 1.807) is 12.3 Å². The number of benzene rings is 1. The first-order chi connectivity index (χ1) is 15.4. The molecule has 1 aliphatic rings. The van der Waals surface area contributed by atoms with E-state index in [4.69, 9.17) is 9.88 Å². The van der Waals surface area contributed by atoms with E-state index in [0.29, 0.717) is 25.3 Å². The second-order valence-corrected chi connectivity index (χ2v) is 9.32. The molecule has 3 N–H and O–H groups in total. The molecule has 0 radical (unpaired) electrons. The van der Waals surface area contributed by atoms with Gasteiger partial charge in [-0.25, -0.2) is 13.6 Å². The molecule has 0 spiro atoms. The van der Waals surface area contributed by atoms with Crippen molar-refractivity contribution in [2.45, 2.75) is 26.2 Å². The van der Waals surface area contributed by atoms with E-state index in [1.807, 2.05) is 49.4 Å². The number of nitrogens with one attached hydrogen (secondary N) is 1. The molecule has 4 rings (SSSR count). The first-order valence-corrected chi connectivity index (χ1v) is 11.7. The number of pyridine rings is 1. The standard InChI is InChI=1S/C22H24N6O3S/c1-2-31-20-11-10-19(32(23,29)30)15-22(20,14-18-5-3-4-12-24-18)13-16-6-8-17(9-7-16)21-25-27-28-26-21/h3-12H,2,13-15H2,1H3,(H2,23,29,30)(H,25,26,27,28). The monoisotopic (exact) mass is 452 g/mol. The lowest BCUT2D eigenvalue weighted by molar-refractivity contribution is 0.129. The number of aromatic amines is 1. The van der Waals surface area contributed by atoms with E-state index in [1.165, 1.54) is 6.08 Å². The summed E-state index contributed by atoms with van der Waals surface area (Å²) in [5, 5.41) is 19.5. The second-order valence-electron chi connectivity index (χ2n) is 7.71. The molecule has 1 aromatic carbocycles. The molecule has 1 aliphatic carbocycles. The van der Waals surface area contributed by atoms with Gasteiger partial charge in [0.15, 0.2) is 0 Å². The highest BCUT2D eigenvalue weighted by molar-refractivity contribution is 7.93. The molecule has 0 fully saturated rings. The minimum absolute atomic E-state index is 0.181. The van der Waals surface area contributed by atoms with Gasteiger partial charge in [0.05, 0.1) is 11.5 Å². The minimum Gasteiger partial charge on any atom is -0.498 e. The molecule has 1 atom stereocenters. The van der Waals surface area contributed by atoms with Crippen LogP contribution in [0.25, 0.3) is 11.4 Å². The van der Waals surface area contributed by atoms with Crippen LogP contribution in [0.5, 0.6) is 0 Å². The number of ether oxygens (including phenoxy) is 1. The summed E-state index contributed by atoms with van der Waals surface area (Å²) < 4.78 is 30.4. The lowest BCUT2D eigenvalue weighted by Crippen LogP contribution is -2.35. The van der Waals surface area contributed by atoms with Crippen LogP contribution in [0.2, 0.25) is 0 Å². The topological polar surface area (TPSA) is 137 Å². The fourth-order valence-electron chi connectivity index (χ4n) is 4.03. The van der Waals surface area contributed by atoms with Gasteiger partial charge < -0.3 is 4.74 Å². The number of sulfonamides is 1. The van der Waals surface area contributed by atoms with E-state index >= 15 is 0 Å². The van der Waals surface area contributed by atoms with Crippen molar-refractivity contribution in [1.82, 2.24) is 25.6 Å². The van der Waals surface area contributed by atoms with Crippen LogP contribution in [0, 0.1) is 5.41 Å². The largest absolute Gasteiger partial charge is 0.498 e. The molecular weight excluding hydrogens is 428 g/mol. The summed E-state index contributed by atoms with van der Waals surface area (Å²) in [4.78, 5) is 4.66. The van der Waals surface area contributed by atoms with Crippen LogP contribution in [0.15, 0.2) is 71.5 Å². The van der Waals surface area contributed by atoms with Gasteiger partial charge in [0.2, 0.25) is 15.8 Å². The van der Waals surface area contributed by atoms with Crippen LogP contribution >= 0.6 is 0 Å². The van der Waals surface area contributed by atoms with E-state index < -0.39 is 15.4 Å². The lowest BCUT2D eigenvalue weighted by Gasteiger charge is -2.38. The van der Waals surface area contributed by atoms with Gasteiger partial charge >= 0.3 is 0 Å². The molecule has 2 heterocycles. The first kappa shape index (κ1) is 21.8. The Balaban J connectivity index is 1.73. The molecular formula is C22H24N6O3S. The predicted molar refractivity (Wildman–Crippen MR) is 119 cm³/mol. The Morgan fingerprint density at radius 3 is 2.56 bits per heavy atom. The molecule has 0 amide bonds. The van der Waals surface area contributed by atoms with Crippen molar-refractivity contribution in [3.63, 3.8) is 0 Å². The predicted octanol–water partition coefficient (Wildman–Crippen LogP) is 2.53. The first-order valence-electron chi connectivity index (χ1n) is 10.2. The zero-order valence-corrected chi connectivity index (χ0v) is 18.4. The number of allylic oxidation sites excluding steroid dienone is 4. The number of hydrogen-bond donors (Lipinski definition) is 2. The van der Waals surface area contributed by atoms with Crippen molar-refractivity contribution >= 4 is 10.0 Å². The van der Waals surface area contributed by atoms with Crippen LogP contribution < -0.4 is 5.14 Å². The van der Waals surface area contributed by atoms with Gasteiger partial charge in [0.25, 0.3) is 0 Å². The molecule has 0 bridgehead atoms. The third kappa shape index (κ3) is 4.76. The molecule has 10 heteroatoms. The molecule has 0 saturated carbocycles.